The van der Waals surface area contributed by atoms with Gasteiger partial charge in [-0.2, -0.15) is 0 Å². The van der Waals surface area contributed by atoms with E-state index in [0.29, 0.717) is 21.4 Å². The van der Waals surface area contributed by atoms with Crippen LogP contribution in [-0.2, 0) is 9.59 Å². The highest BCUT2D eigenvalue weighted by molar-refractivity contribution is 9.10. The van der Waals surface area contributed by atoms with Crippen LogP contribution < -0.4 is 10.6 Å². The smallest absolute Gasteiger partial charge is 0.314 e. The lowest BCUT2D eigenvalue weighted by Crippen LogP contribution is -2.29. The van der Waals surface area contributed by atoms with Crippen LogP contribution in [-0.4, -0.2) is 11.8 Å². The zero-order valence-corrected chi connectivity index (χ0v) is 13.6. The van der Waals surface area contributed by atoms with Gasteiger partial charge in [0.1, 0.15) is 0 Å². The van der Waals surface area contributed by atoms with Gasteiger partial charge in [0.25, 0.3) is 0 Å². The molecule has 2 amide bonds. The average Bonchev–Trinajstić information content (AvgIpc) is 2.43. The lowest BCUT2D eigenvalue weighted by atomic mass is 10.3. The van der Waals surface area contributed by atoms with Gasteiger partial charge in [-0.25, -0.2) is 0 Å². The highest BCUT2D eigenvalue weighted by atomic mass is 79.9. The molecule has 0 aliphatic heterocycles. The lowest BCUT2D eigenvalue weighted by Gasteiger charge is -2.07. The van der Waals surface area contributed by atoms with Gasteiger partial charge in [-0.15, -0.1) is 0 Å². The summed E-state index contributed by atoms with van der Waals surface area (Å²) >= 11 is 14.9. The van der Waals surface area contributed by atoms with Crippen LogP contribution in [0.1, 0.15) is 0 Å². The first-order chi connectivity index (χ1) is 9.95. The molecule has 0 spiro atoms. The number of hydrogen-bond donors (Lipinski definition) is 2. The summed E-state index contributed by atoms with van der Waals surface area (Å²) in [6.45, 7) is 0. The summed E-state index contributed by atoms with van der Waals surface area (Å²) in [5, 5.41) is 5.59. The van der Waals surface area contributed by atoms with E-state index >= 15 is 0 Å². The molecular formula is C14H9BrCl2N2O2. The Bertz CT molecular complexity index is 707. The van der Waals surface area contributed by atoms with E-state index in [4.69, 9.17) is 23.2 Å². The molecule has 4 nitrogen and oxygen atoms in total. The molecule has 0 fully saturated rings. The number of nitrogens with one attached hydrogen (secondary N) is 2. The Labute approximate surface area is 139 Å². The molecule has 21 heavy (non-hydrogen) atoms. The fourth-order valence-corrected chi connectivity index (χ4v) is 2.21. The second-order valence-corrected chi connectivity index (χ2v) is 5.78. The van der Waals surface area contributed by atoms with Crippen LogP contribution in [0, 0.1) is 0 Å². The van der Waals surface area contributed by atoms with Crippen LogP contribution >= 0.6 is 39.1 Å². The molecule has 2 aromatic rings. The molecule has 0 saturated carbocycles. The number of amides is 2. The predicted molar refractivity (Wildman–Crippen MR) is 87.9 cm³/mol. The van der Waals surface area contributed by atoms with Gasteiger partial charge >= 0.3 is 11.8 Å². The number of benzene rings is 2. The van der Waals surface area contributed by atoms with Gasteiger partial charge < -0.3 is 10.6 Å². The molecule has 0 unspecified atom stereocenters. The van der Waals surface area contributed by atoms with Crippen molar-refractivity contribution in [1.29, 1.82) is 0 Å². The molecule has 7 heteroatoms. The van der Waals surface area contributed by atoms with E-state index in [1.54, 1.807) is 24.3 Å². The van der Waals surface area contributed by atoms with Crippen molar-refractivity contribution >= 4 is 62.3 Å². The molecule has 0 heterocycles. The van der Waals surface area contributed by atoms with Crippen LogP contribution in [0.3, 0.4) is 0 Å². The third-order valence-electron chi connectivity index (χ3n) is 2.47. The fraction of sp³-hybridized carbons (Fsp3) is 0. The minimum absolute atomic E-state index is 0.293. The minimum Gasteiger partial charge on any atom is -0.318 e. The first-order valence-corrected chi connectivity index (χ1v) is 7.33. The van der Waals surface area contributed by atoms with Crippen molar-refractivity contribution in [1.82, 2.24) is 0 Å². The Balaban J connectivity index is 2.02. The summed E-state index contributed by atoms with van der Waals surface area (Å²) in [5.74, 6) is -1.58. The molecule has 0 radical (unpaired) electrons. The summed E-state index contributed by atoms with van der Waals surface area (Å²) in [4.78, 5) is 23.6. The number of carbonyl (C=O) groups excluding carboxylic acids is 2. The van der Waals surface area contributed by atoms with Gasteiger partial charge in [0, 0.05) is 15.8 Å². The Kier molecular flexibility index (Phi) is 5.22. The SMILES string of the molecule is O=C(Nc1cccc(Br)c1)C(=O)Nc1ccc(Cl)c(Cl)c1. The third kappa shape index (κ3) is 4.46. The second kappa shape index (κ2) is 6.93. The number of rotatable bonds is 2. The molecule has 0 bridgehead atoms. The van der Waals surface area contributed by atoms with Crippen LogP contribution in [0.25, 0.3) is 0 Å². The molecule has 2 rings (SSSR count). The average molecular weight is 388 g/mol. The fourth-order valence-electron chi connectivity index (χ4n) is 1.52. The van der Waals surface area contributed by atoms with Crippen molar-refractivity contribution in [2.75, 3.05) is 10.6 Å². The highest BCUT2D eigenvalue weighted by Crippen LogP contribution is 2.25. The van der Waals surface area contributed by atoms with Gasteiger partial charge in [0.2, 0.25) is 0 Å². The van der Waals surface area contributed by atoms with Crippen molar-refractivity contribution in [2.45, 2.75) is 0 Å². The van der Waals surface area contributed by atoms with E-state index in [2.05, 4.69) is 26.6 Å². The Morgan fingerprint density at radius 1 is 0.857 bits per heavy atom. The first kappa shape index (κ1) is 15.8. The largest absolute Gasteiger partial charge is 0.318 e. The van der Waals surface area contributed by atoms with E-state index < -0.39 is 11.8 Å². The summed E-state index contributed by atoms with van der Waals surface area (Å²) < 4.78 is 0.796. The molecule has 0 saturated heterocycles. The van der Waals surface area contributed by atoms with Gasteiger partial charge in [-0.1, -0.05) is 45.2 Å². The molecular weight excluding hydrogens is 379 g/mol. The van der Waals surface area contributed by atoms with E-state index in [0.717, 1.165) is 4.47 Å². The van der Waals surface area contributed by atoms with Crippen molar-refractivity contribution in [3.05, 3.63) is 57.0 Å². The highest BCUT2D eigenvalue weighted by Gasteiger charge is 2.14. The maximum atomic E-state index is 11.8. The Morgan fingerprint density at radius 3 is 2.05 bits per heavy atom. The standard InChI is InChI=1S/C14H9BrCl2N2O2/c15-8-2-1-3-9(6-8)18-13(20)14(21)19-10-4-5-11(16)12(17)7-10/h1-7H,(H,18,20)(H,19,21). The summed E-state index contributed by atoms with van der Waals surface area (Å²) in [5.41, 5.74) is 0.900. The van der Waals surface area contributed by atoms with Crippen molar-refractivity contribution in [2.24, 2.45) is 0 Å². The zero-order chi connectivity index (χ0) is 15.4. The quantitative estimate of drug-likeness (QED) is 0.753. The molecule has 0 atom stereocenters. The van der Waals surface area contributed by atoms with Gasteiger partial charge in [0.05, 0.1) is 10.0 Å². The van der Waals surface area contributed by atoms with Crippen LogP contribution in [0.5, 0.6) is 0 Å². The molecule has 0 aliphatic carbocycles. The van der Waals surface area contributed by atoms with E-state index in [1.165, 1.54) is 12.1 Å². The van der Waals surface area contributed by atoms with Crippen LogP contribution in [0.4, 0.5) is 11.4 Å². The first-order valence-electron chi connectivity index (χ1n) is 5.78. The van der Waals surface area contributed by atoms with Gasteiger partial charge in [-0.3, -0.25) is 9.59 Å². The number of halogens is 3. The normalized spacial score (nSPS) is 10.0. The maximum Gasteiger partial charge on any atom is 0.314 e. The van der Waals surface area contributed by atoms with Crippen LogP contribution in [0.15, 0.2) is 46.9 Å². The van der Waals surface area contributed by atoms with Crippen LogP contribution in [0.2, 0.25) is 10.0 Å². The number of carbonyl (C=O) groups is 2. The second-order valence-electron chi connectivity index (χ2n) is 4.05. The number of hydrogen-bond acceptors (Lipinski definition) is 2. The third-order valence-corrected chi connectivity index (χ3v) is 3.70. The molecule has 2 aromatic carbocycles. The van der Waals surface area contributed by atoms with Gasteiger partial charge in [0.15, 0.2) is 0 Å². The molecule has 0 aromatic heterocycles. The predicted octanol–water partition coefficient (Wildman–Crippen LogP) is 4.33. The monoisotopic (exact) mass is 386 g/mol. The Hall–Kier alpha value is -1.56. The minimum atomic E-state index is -0.798. The van der Waals surface area contributed by atoms with Crippen molar-refractivity contribution in [3.63, 3.8) is 0 Å². The molecule has 0 aliphatic rings. The van der Waals surface area contributed by atoms with Gasteiger partial charge in [-0.05, 0) is 36.4 Å². The Morgan fingerprint density at radius 2 is 1.48 bits per heavy atom. The van der Waals surface area contributed by atoms with E-state index in [1.807, 2.05) is 6.07 Å². The lowest BCUT2D eigenvalue weighted by molar-refractivity contribution is -0.132. The molecule has 108 valence electrons. The maximum absolute atomic E-state index is 11.8. The van der Waals surface area contributed by atoms with E-state index in [-0.39, 0.29) is 0 Å². The van der Waals surface area contributed by atoms with Crippen molar-refractivity contribution < 1.29 is 9.59 Å². The summed E-state index contributed by atoms with van der Waals surface area (Å²) in [6.07, 6.45) is 0. The topological polar surface area (TPSA) is 58.2 Å². The van der Waals surface area contributed by atoms with E-state index in [9.17, 15) is 9.59 Å². The van der Waals surface area contributed by atoms with Crippen molar-refractivity contribution in [3.8, 4) is 0 Å². The summed E-state index contributed by atoms with van der Waals surface area (Å²) in [7, 11) is 0. The summed E-state index contributed by atoms with van der Waals surface area (Å²) in [6, 6.07) is 11.5. The zero-order valence-electron chi connectivity index (χ0n) is 10.5. The molecule has 2 N–H and O–H groups in total. The number of anilines is 2.